The van der Waals surface area contributed by atoms with Gasteiger partial charge < -0.3 is 14.2 Å². The summed E-state index contributed by atoms with van der Waals surface area (Å²) in [4.78, 5) is 19.4. The zero-order valence-electron chi connectivity index (χ0n) is 17.5. The Balaban J connectivity index is 1.37. The number of aryl methyl sites for hydroxylation is 2. The molecule has 0 N–H and O–H groups in total. The maximum Gasteiger partial charge on any atom is 0.260 e. The molecule has 2 aromatic heterocycles. The monoisotopic (exact) mass is 405 g/mol. The molecule has 1 aromatic carbocycles. The van der Waals surface area contributed by atoms with Crippen LogP contribution in [0.1, 0.15) is 29.8 Å². The largest absolute Gasteiger partial charge is 0.484 e. The molecule has 0 atom stereocenters. The van der Waals surface area contributed by atoms with Gasteiger partial charge in [-0.15, -0.1) is 0 Å². The molecule has 7 heteroatoms. The van der Waals surface area contributed by atoms with Gasteiger partial charge in [-0.05, 0) is 37.8 Å². The Hall–Kier alpha value is -3.09. The molecule has 156 valence electrons. The SMILES string of the molecule is Cc1cnc(-c2nn(C)c3c2CN(C(=O)COc2ccccc2)CC3)n1CC1CC1. The lowest BCUT2D eigenvalue weighted by Crippen LogP contribution is -2.39. The van der Waals surface area contributed by atoms with E-state index in [1.54, 1.807) is 0 Å². The average molecular weight is 406 g/mol. The highest BCUT2D eigenvalue weighted by Gasteiger charge is 2.30. The van der Waals surface area contributed by atoms with Crippen molar-refractivity contribution in [2.75, 3.05) is 13.2 Å². The number of fused-ring (bicyclic) bond motifs is 1. The number of nitrogens with zero attached hydrogens (tertiary/aromatic N) is 5. The smallest absolute Gasteiger partial charge is 0.260 e. The lowest BCUT2D eigenvalue weighted by molar-refractivity contribution is -0.134. The maximum absolute atomic E-state index is 12.8. The molecular formula is C23H27N5O2. The van der Waals surface area contributed by atoms with Gasteiger partial charge in [-0.1, -0.05) is 18.2 Å². The normalized spacial score (nSPS) is 15.9. The van der Waals surface area contributed by atoms with Gasteiger partial charge in [0, 0.05) is 56.3 Å². The number of carbonyl (C=O) groups excluding carboxylic acids is 1. The summed E-state index contributed by atoms with van der Waals surface area (Å²) in [5.41, 5.74) is 4.37. The zero-order chi connectivity index (χ0) is 20.7. The van der Waals surface area contributed by atoms with Crippen LogP contribution in [0.3, 0.4) is 0 Å². The molecule has 30 heavy (non-hydrogen) atoms. The van der Waals surface area contributed by atoms with E-state index in [9.17, 15) is 4.79 Å². The van der Waals surface area contributed by atoms with E-state index in [-0.39, 0.29) is 12.5 Å². The van der Waals surface area contributed by atoms with E-state index in [0.29, 0.717) is 18.8 Å². The minimum absolute atomic E-state index is 0.00295. The topological polar surface area (TPSA) is 65.2 Å². The fraction of sp³-hybridized carbons (Fsp3) is 0.435. The Kier molecular flexibility index (Phi) is 4.81. The van der Waals surface area contributed by atoms with Crippen molar-refractivity contribution < 1.29 is 9.53 Å². The van der Waals surface area contributed by atoms with Gasteiger partial charge >= 0.3 is 0 Å². The van der Waals surface area contributed by atoms with Crippen molar-refractivity contribution >= 4 is 5.91 Å². The van der Waals surface area contributed by atoms with Crippen molar-refractivity contribution in [3.63, 3.8) is 0 Å². The van der Waals surface area contributed by atoms with Crippen molar-refractivity contribution in [1.82, 2.24) is 24.2 Å². The number of para-hydroxylation sites is 1. The summed E-state index contributed by atoms with van der Waals surface area (Å²) < 4.78 is 9.92. The lowest BCUT2D eigenvalue weighted by atomic mass is 10.0. The van der Waals surface area contributed by atoms with E-state index >= 15 is 0 Å². The third kappa shape index (κ3) is 3.60. The molecule has 1 saturated carbocycles. The summed E-state index contributed by atoms with van der Waals surface area (Å²) in [5, 5.41) is 4.82. The molecule has 1 aliphatic heterocycles. The van der Waals surface area contributed by atoms with Crippen molar-refractivity contribution in [3.8, 4) is 17.3 Å². The Morgan fingerprint density at radius 2 is 2.03 bits per heavy atom. The molecule has 3 aromatic rings. The van der Waals surface area contributed by atoms with Crippen molar-refractivity contribution in [1.29, 1.82) is 0 Å². The molecule has 1 amide bonds. The highest BCUT2D eigenvalue weighted by Crippen LogP contribution is 2.34. The third-order valence-electron chi connectivity index (χ3n) is 6.11. The summed E-state index contributed by atoms with van der Waals surface area (Å²) in [7, 11) is 1.99. The molecule has 2 aliphatic rings. The van der Waals surface area contributed by atoms with Gasteiger partial charge in [-0.3, -0.25) is 9.48 Å². The quantitative estimate of drug-likeness (QED) is 0.632. The summed E-state index contributed by atoms with van der Waals surface area (Å²) in [6, 6.07) is 9.46. The predicted octanol–water partition coefficient (Wildman–Crippen LogP) is 2.97. The third-order valence-corrected chi connectivity index (χ3v) is 6.11. The van der Waals surface area contributed by atoms with Crippen LogP contribution in [-0.4, -0.2) is 43.3 Å². The van der Waals surface area contributed by atoms with Crippen LogP contribution < -0.4 is 4.74 Å². The molecule has 5 rings (SSSR count). The summed E-state index contributed by atoms with van der Waals surface area (Å²) >= 11 is 0. The van der Waals surface area contributed by atoms with Crippen LogP contribution in [0, 0.1) is 12.8 Å². The number of rotatable bonds is 6. The van der Waals surface area contributed by atoms with E-state index in [4.69, 9.17) is 14.8 Å². The first-order valence-electron chi connectivity index (χ1n) is 10.6. The standard InChI is InChI=1S/C23H27N5O2/c1-16-12-24-23(28(16)13-17-8-9-17)22-19-14-27(11-10-20(19)26(2)25-22)21(29)15-30-18-6-4-3-5-7-18/h3-7,12,17H,8-11,13-15H2,1-2H3. The van der Waals surface area contributed by atoms with Gasteiger partial charge in [-0.2, -0.15) is 5.10 Å². The second-order valence-electron chi connectivity index (χ2n) is 8.34. The molecule has 0 bridgehead atoms. The van der Waals surface area contributed by atoms with Gasteiger partial charge in [0.2, 0.25) is 0 Å². The van der Waals surface area contributed by atoms with Crippen molar-refractivity contribution in [2.24, 2.45) is 13.0 Å². The molecule has 7 nitrogen and oxygen atoms in total. The van der Waals surface area contributed by atoms with Gasteiger partial charge in [0.05, 0.1) is 0 Å². The molecular weight excluding hydrogens is 378 g/mol. The summed E-state index contributed by atoms with van der Waals surface area (Å²) in [6.45, 7) is 4.37. The Morgan fingerprint density at radius 1 is 1.23 bits per heavy atom. The highest BCUT2D eigenvalue weighted by atomic mass is 16.5. The van der Waals surface area contributed by atoms with Crippen LogP contribution in [0.4, 0.5) is 0 Å². The second-order valence-corrected chi connectivity index (χ2v) is 8.34. The predicted molar refractivity (Wildman–Crippen MR) is 113 cm³/mol. The van der Waals surface area contributed by atoms with Crippen LogP contribution >= 0.6 is 0 Å². The number of aromatic nitrogens is 4. The number of hydrogen-bond acceptors (Lipinski definition) is 4. The first-order valence-corrected chi connectivity index (χ1v) is 10.6. The molecule has 3 heterocycles. The van der Waals surface area contributed by atoms with Crippen molar-refractivity contribution in [2.45, 2.75) is 39.3 Å². The number of benzene rings is 1. The molecule has 0 radical (unpaired) electrons. The number of ether oxygens (including phenoxy) is 1. The Morgan fingerprint density at radius 3 is 2.80 bits per heavy atom. The van der Waals surface area contributed by atoms with Crippen LogP contribution in [0.2, 0.25) is 0 Å². The molecule has 1 fully saturated rings. The van der Waals surface area contributed by atoms with Crippen LogP contribution in [0.15, 0.2) is 36.5 Å². The molecule has 1 aliphatic carbocycles. The van der Waals surface area contributed by atoms with Crippen LogP contribution in [0.25, 0.3) is 11.5 Å². The first-order chi connectivity index (χ1) is 14.6. The van der Waals surface area contributed by atoms with Gasteiger partial charge in [0.1, 0.15) is 11.4 Å². The van der Waals surface area contributed by atoms with E-state index in [2.05, 4.69) is 11.5 Å². The number of amides is 1. The molecule has 0 saturated heterocycles. The second kappa shape index (κ2) is 7.63. The average Bonchev–Trinajstić information content (AvgIpc) is 3.44. The Labute approximate surface area is 176 Å². The summed E-state index contributed by atoms with van der Waals surface area (Å²) in [5.74, 6) is 2.38. The van der Waals surface area contributed by atoms with Gasteiger partial charge in [-0.25, -0.2) is 4.98 Å². The van der Waals surface area contributed by atoms with Gasteiger partial charge in [0.25, 0.3) is 5.91 Å². The van der Waals surface area contributed by atoms with E-state index in [1.807, 2.05) is 53.2 Å². The number of hydrogen-bond donors (Lipinski definition) is 0. The molecule has 0 spiro atoms. The van der Waals surface area contributed by atoms with E-state index in [1.165, 1.54) is 18.5 Å². The Bertz CT molecular complexity index is 1060. The minimum Gasteiger partial charge on any atom is -0.484 e. The van der Waals surface area contributed by atoms with E-state index < -0.39 is 0 Å². The number of carbonyl (C=O) groups is 1. The summed E-state index contributed by atoms with van der Waals surface area (Å²) in [6.07, 6.45) is 5.30. The molecule has 0 unspecified atom stereocenters. The van der Waals surface area contributed by atoms with Crippen LogP contribution in [-0.2, 0) is 31.4 Å². The van der Waals surface area contributed by atoms with Crippen LogP contribution in [0.5, 0.6) is 5.75 Å². The van der Waals surface area contributed by atoms with E-state index in [0.717, 1.165) is 41.7 Å². The lowest BCUT2D eigenvalue weighted by Gasteiger charge is -2.27. The fourth-order valence-corrected chi connectivity index (χ4v) is 4.18. The fourth-order valence-electron chi connectivity index (χ4n) is 4.18. The maximum atomic E-state index is 12.8. The number of imidazole rings is 1. The first kappa shape index (κ1) is 18.9. The minimum atomic E-state index is -0.00295. The van der Waals surface area contributed by atoms with Gasteiger partial charge in [0.15, 0.2) is 12.4 Å². The zero-order valence-corrected chi connectivity index (χ0v) is 17.5. The highest BCUT2D eigenvalue weighted by molar-refractivity contribution is 5.78. The van der Waals surface area contributed by atoms with Crippen molar-refractivity contribution in [3.05, 3.63) is 53.5 Å².